The number of amides is 2. The largest absolute Gasteiger partial charge is 0.323 e. The van der Waals surface area contributed by atoms with Crippen LogP contribution in [0.2, 0.25) is 0 Å². The van der Waals surface area contributed by atoms with Gasteiger partial charge in [-0.2, -0.15) is 0 Å². The predicted molar refractivity (Wildman–Crippen MR) is 75.8 cm³/mol. The minimum Gasteiger partial charge on any atom is -0.308 e. The zero-order valence-electron chi connectivity index (χ0n) is 9.77. The minimum atomic E-state index is -0.286. The number of rotatable bonds is 2. The van der Waals surface area contributed by atoms with Gasteiger partial charge in [-0.15, -0.1) is 0 Å². The number of anilines is 2. The first kappa shape index (κ1) is 12.6. The van der Waals surface area contributed by atoms with Crippen LogP contribution in [0.5, 0.6) is 0 Å². The average Bonchev–Trinajstić information content (AvgIpc) is 2.34. The van der Waals surface area contributed by atoms with Crippen molar-refractivity contribution in [1.82, 2.24) is 4.98 Å². The van der Waals surface area contributed by atoms with E-state index < -0.39 is 0 Å². The maximum atomic E-state index is 11.8. The van der Waals surface area contributed by atoms with Gasteiger partial charge in [-0.1, -0.05) is 6.07 Å². The first-order valence-corrected chi connectivity index (χ1v) is 6.18. The molecular formula is C13H12BrN3O. The van der Waals surface area contributed by atoms with Crippen molar-refractivity contribution >= 4 is 33.3 Å². The van der Waals surface area contributed by atoms with E-state index in [2.05, 4.69) is 31.5 Å². The third kappa shape index (κ3) is 3.30. The molecule has 0 saturated carbocycles. The van der Waals surface area contributed by atoms with Gasteiger partial charge in [-0.25, -0.2) is 4.79 Å². The monoisotopic (exact) mass is 305 g/mol. The van der Waals surface area contributed by atoms with Gasteiger partial charge in [0, 0.05) is 22.6 Å². The van der Waals surface area contributed by atoms with Gasteiger partial charge in [0.2, 0.25) is 0 Å². The van der Waals surface area contributed by atoms with Crippen LogP contribution in [-0.2, 0) is 0 Å². The lowest BCUT2D eigenvalue weighted by molar-refractivity contribution is 0.262. The Labute approximate surface area is 114 Å². The summed E-state index contributed by atoms with van der Waals surface area (Å²) >= 11 is 3.41. The van der Waals surface area contributed by atoms with Gasteiger partial charge in [0.15, 0.2) is 0 Å². The number of hydrogen-bond acceptors (Lipinski definition) is 2. The lowest BCUT2D eigenvalue weighted by Gasteiger charge is -2.09. The minimum absolute atomic E-state index is 0.286. The summed E-state index contributed by atoms with van der Waals surface area (Å²) in [4.78, 5) is 15.6. The van der Waals surface area contributed by atoms with E-state index in [4.69, 9.17) is 0 Å². The molecule has 2 rings (SSSR count). The second-order valence-electron chi connectivity index (χ2n) is 3.80. The molecule has 18 heavy (non-hydrogen) atoms. The molecule has 1 aromatic carbocycles. The van der Waals surface area contributed by atoms with Crippen molar-refractivity contribution in [3.63, 3.8) is 0 Å². The number of carbonyl (C=O) groups is 1. The van der Waals surface area contributed by atoms with Gasteiger partial charge < -0.3 is 10.6 Å². The van der Waals surface area contributed by atoms with Crippen molar-refractivity contribution in [1.29, 1.82) is 0 Å². The Morgan fingerprint density at radius 2 is 1.89 bits per heavy atom. The van der Waals surface area contributed by atoms with E-state index >= 15 is 0 Å². The van der Waals surface area contributed by atoms with E-state index in [1.54, 1.807) is 24.5 Å². The molecule has 0 radical (unpaired) electrons. The van der Waals surface area contributed by atoms with Gasteiger partial charge in [0.1, 0.15) is 0 Å². The second-order valence-corrected chi connectivity index (χ2v) is 4.65. The van der Waals surface area contributed by atoms with Crippen LogP contribution in [0.1, 0.15) is 5.56 Å². The summed E-state index contributed by atoms with van der Waals surface area (Å²) in [5, 5.41) is 5.49. The molecule has 0 aliphatic heterocycles. The van der Waals surface area contributed by atoms with Crippen molar-refractivity contribution in [2.75, 3.05) is 10.6 Å². The SMILES string of the molecule is Cc1ccc(NC(=O)Nc2ccncc2)c(Br)c1. The molecule has 0 bridgehead atoms. The van der Waals surface area contributed by atoms with E-state index in [1.807, 2.05) is 25.1 Å². The van der Waals surface area contributed by atoms with Crippen molar-refractivity contribution in [2.45, 2.75) is 6.92 Å². The number of aryl methyl sites for hydroxylation is 1. The molecule has 4 nitrogen and oxygen atoms in total. The summed E-state index contributed by atoms with van der Waals surface area (Å²) < 4.78 is 0.854. The lowest BCUT2D eigenvalue weighted by atomic mass is 10.2. The highest BCUT2D eigenvalue weighted by Crippen LogP contribution is 2.23. The molecule has 0 aliphatic rings. The molecule has 92 valence electrons. The second kappa shape index (κ2) is 5.64. The standard InChI is InChI=1S/C13H12BrN3O/c1-9-2-3-12(11(14)8-9)17-13(18)16-10-4-6-15-7-5-10/h2-8H,1H3,(H2,15,16,17,18). The van der Waals surface area contributed by atoms with Crippen LogP contribution < -0.4 is 10.6 Å². The topological polar surface area (TPSA) is 54.0 Å². The molecule has 0 saturated heterocycles. The Morgan fingerprint density at radius 1 is 1.17 bits per heavy atom. The highest BCUT2D eigenvalue weighted by Gasteiger charge is 2.05. The summed E-state index contributed by atoms with van der Waals surface area (Å²) in [6, 6.07) is 8.90. The van der Waals surface area contributed by atoms with E-state index in [0.29, 0.717) is 5.69 Å². The fourth-order valence-corrected chi connectivity index (χ4v) is 2.03. The van der Waals surface area contributed by atoms with Crippen LogP contribution in [0.4, 0.5) is 16.2 Å². The predicted octanol–water partition coefficient (Wildman–Crippen LogP) is 3.80. The van der Waals surface area contributed by atoms with Crippen molar-refractivity contribution in [2.24, 2.45) is 0 Å². The number of halogens is 1. The molecule has 2 aromatic rings. The molecule has 5 heteroatoms. The summed E-state index contributed by atoms with van der Waals surface area (Å²) in [5.74, 6) is 0. The number of carbonyl (C=O) groups excluding carboxylic acids is 1. The summed E-state index contributed by atoms with van der Waals surface area (Å²) in [7, 11) is 0. The zero-order valence-corrected chi connectivity index (χ0v) is 11.4. The fraction of sp³-hybridized carbons (Fsp3) is 0.0769. The number of nitrogens with one attached hydrogen (secondary N) is 2. The van der Waals surface area contributed by atoms with Gasteiger partial charge in [0.05, 0.1) is 5.69 Å². The molecule has 0 spiro atoms. The lowest BCUT2D eigenvalue weighted by Crippen LogP contribution is -2.19. The Kier molecular flexibility index (Phi) is 3.94. The molecule has 1 aromatic heterocycles. The Balaban J connectivity index is 2.03. The first-order valence-electron chi connectivity index (χ1n) is 5.39. The van der Waals surface area contributed by atoms with Crippen LogP contribution in [0.25, 0.3) is 0 Å². The van der Waals surface area contributed by atoms with Crippen molar-refractivity contribution in [3.05, 3.63) is 52.8 Å². The van der Waals surface area contributed by atoms with Crippen molar-refractivity contribution in [3.8, 4) is 0 Å². The molecule has 1 heterocycles. The number of benzene rings is 1. The van der Waals surface area contributed by atoms with E-state index in [-0.39, 0.29) is 6.03 Å². The molecular weight excluding hydrogens is 294 g/mol. The summed E-state index contributed by atoms with van der Waals surface area (Å²) in [6.07, 6.45) is 3.24. The first-order chi connectivity index (χ1) is 8.65. The Bertz CT molecular complexity index is 557. The quantitative estimate of drug-likeness (QED) is 0.886. The van der Waals surface area contributed by atoms with Crippen LogP contribution in [0.15, 0.2) is 47.2 Å². The highest BCUT2D eigenvalue weighted by atomic mass is 79.9. The smallest absolute Gasteiger partial charge is 0.308 e. The van der Waals surface area contributed by atoms with Crippen LogP contribution in [0.3, 0.4) is 0 Å². The van der Waals surface area contributed by atoms with E-state index in [9.17, 15) is 4.79 Å². The normalized spacial score (nSPS) is 9.89. The van der Waals surface area contributed by atoms with Gasteiger partial charge >= 0.3 is 6.03 Å². The Morgan fingerprint density at radius 3 is 2.56 bits per heavy atom. The third-order valence-electron chi connectivity index (χ3n) is 2.31. The maximum absolute atomic E-state index is 11.8. The number of nitrogens with zero attached hydrogens (tertiary/aromatic N) is 1. The van der Waals surface area contributed by atoms with Gasteiger partial charge in [-0.3, -0.25) is 4.98 Å². The summed E-state index contributed by atoms with van der Waals surface area (Å²) in [6.45, 7) is 1.99. The van der Waals surface area contributed by atoms with Crippen LogP contribution >= 0.6 is 15.9 Å². The number of hydrogen-bond donors (Lipinski definition) is 2. The van der Waals surface area contributed by atoms with Gasteiger partial charge in [0.25, 0.3) is 0 Å². The zero-order chi connectivity index (χ0) is 13.0. The molecule has 0 fully saturated rings. The highest BCUT2D eigenvalue weighted by molar-refractivity contribution is 9.10. The average molecular weight is 306 g/mol. The maximum Gasteiger partial charge on any atom is 0.323 e. The molecule has 0 aliphatic carbocycles. The third-order valence-corrected chi connectivity index (χ3v) is 2.97. The van der Waals surface area contributed by atoms with Gasteiger partial charge in [-0.05, 0) is 52.7 Å². The number of urea groups is 1. The van der Waals surface area contributed by atoms with Crippen LogP contribution in [-0.4, -0.2) is 11.0 Å². The molecule has 2 amide bonds. The Hall–Kier alpha value is -1.88. The summed E-state index contributed by atoms with van der Waals surface area (Å²) in [5.41, 5.74) is 2.56. The van der Waals surface area contributed by atoms with Crippen molar-refractivity contribution < 1.29 is 4.79 Å². The number of pyridine rings is 1. The number of aromatic nitrogens is 1. The molecule has 0 unspecified atom stereocenters. The fourth-order valence-electron chi connectivity index (χ4n) is 1.44. The molecule has 2 N–H and O–H groups in total. The van der Waals surface area contributed by atoms with Crippen LogP contribution in [0, 0.1) is 6.92 Å². The molecule has 0 atom stereocenters. The van der Waals surface area contributed by atoms with E-state index in [0.717, 1.165) is 15.7 Å². The van der Waals surface area contributed by atoms with E-state index in [1.165, 1.54) is 0 Å².